The van der Waals surface area contributed by atoms with Crippen LogP contribution in [0.2, 0.25) is 0 Å². The zero-order valence-corrected chi connectivity index (χ0v) is 16.1. The molecule has 0 amide bonds. The van der Waals surface area contributed by atoms with E-state index < -0.39 is 0 Å². The fourth-order valence-electron chi connectivity index (χ4n) is 5.26. The number of ether oxygens (including phenoxy) is 1. The minimum absolute atomic E-state index is 0.00845. The Balaban J connectivity index is 1.40. The zero-order valence-electron chi connectivity index (χ0n) is 16.1. The third-order valence-corrected chi connectivity index (χ3v) is 6.86. The highest BCUT2D eigenvalue weighted by atomic mass is 16.5. The van der Waals surface area contributed by atoms with Gasteiger partial charge in [-0.25, -0.2) is 0 Å². The maximum Gasteiger partial charge on any atom is 0.306 e. The summed E-state index contributed by atoms with van der Waals surface area (Å²) in [7, 11) is 0. The Morgan fingerprint density at radius 2 is 2.19 bits per heavy atom. The lowest BCUT2D eigenvalue weighted by molar-refractivity contribution is -0.137. The molecule has 1 aromatic rings. The molecular weight excluding hydrogens is 320 g/mol. The lowest BCUT2D eigenvalue weighted by Gasteiger charge is -2.24. The molecule has 2 fully saturated rings. The van der Waals surface area contributed by atoms with Crippen molar-refractivity contribution in [2.75, 3.05) is 6.61 Å². The highest BCUT2D eigenvalue weighted by Crippen LogP contribution is 2.51. The summed E-state index contributed by atoms with van der Waals surface area (Å²) < 4.78 is 5.28. The number of unbranched alkanes of at least 4 members (excludes halogenated alkanes) is 2. The first kappa shape index (κ1) is 17.8. The Labute approximate surface area is 158 Å². The van der Waals surface area contributed by atoms with Crippen LogP contribution in [0.1, 0.15) is 80.9 Å². The van der Waals surface area contributed by atoms with Crippen molar-refractivity contribution >= 4 is 5.97 Å². The third-order valence-electron chi connectivity index (χ3n) is 6.86. The predicted octanol–water partition coefficient (Wildman–Crippen LogP) is 5.74. The summed E-state index contributed by atoms with van der Waals surface area (Å²) in [5.41, 5.74) is 4.76. The molecule has 4 rings (SSSR count). The summed E-state index contributed by atoms with van der Waals surface area (Å²) in [6.45, 7) is 2.91. The van der Waals surface area contributed by atoms with Gasteiger partial charge in [-0.05, 0) is 73.5 Å². The van der Waals surface area contributed by atoms with Gasteiger partial charge in [-0.15, -0.1) is 0 Å². The molecule has 2 aliphatic carbocycles. The standard InChI is InChI=1S/C24H32O2/c1-2-3-4-5-6-18-7-8-20-14-21(10-9-19(20)13-18)22-11-12-24(15-22)16-23(25)26-17-24/h5-6,9-10,14,18,22H,2-4,7-8,11-13,15-17H2,1H3/b6-5+/t18-,22?,24+/m1/s1. The molecule has 3 aliphatic rings. The summed E-state index contributed by atoms with van der Waals surface area (Å²) in [6.07, 6.45) is 16.5. The molecule has 2 nitrogen and oxygen atoms in total. The third kappa shape index (κ3) is 3.75. The Hall–Kier alpha value is -1.57. The molecule has 1 saturated heterocycles. The van der Waals surface area contributed by atoms with Gasteiger partial charge in [0.1, 0.15) is 0 Å². The van der Waals surface area contributed by atoms with Crippen molar-refractivity contribution in [1.82, 2.24) is 0 Å². The molecule has 26 heavy (non-hydrogen) atoms. The molecule has 0 aromatic heterocycles. The van der Waals surface area contributed by atoms with E-state index in [1.165, 1.54) is 50.5 Å². The number of benzene rings is 1. The van der Waals surface area contributed by atoms with Gasteiger partial charge < -0.3 is 4.74 Å². The number of fused-ring (bicyclic) bond motifs is 1. The van der Waals surface area contributed by atoms with Crippen LogP contribution in [0.4, 0.5) is 0 Å². The molecule has 1 aliphatic heterocycles. The number of aryl methyl sites for hydroxylation is 1. The van der Waals surface area contributed by atoms with E-state index in [1.54, 1.807) is 11.1 Å². The molecule has 1 aromatic carbocycles. The van der Waals surface area contributed by atoms with E-state index in [9.17, 15) is 4.79 Å². The first-order chi connectivity index (χ1) is 12.7. The average Bonchev–Trinajstić information content (AvgIpc) is 3.24. The minimum atomic E-state index is 0.00845. The van der Waals surface area contributed by atoms with Crippen LogP contribution >= 0.6 is 0 Å². The average molecular weight is 353 g/mol. The van der Waals surface area contributed by atoms with Crippen molar-refractivity contribution < 1.29 is 9.53 Å². The molecule has 140 valence electrons. The van der Waals surface area contributed by atoms with Crippen molar-refractivity contribution in [2.45, 2.75) is 77.0 Å². The van der Waals surface area contributed by atoms with E-state index in [-0.39, 0.29) is 11.4 Å². The molecule has 1 unspecified atom stereocenters. The second-order valence-electron chi connectivity index (χ2n) is 8.88. The number of carbonyl (C=O) groups is 1. The molecule has 0 radical (unpaired) electrons. The lowest BCUT2D eigenvalue weighted by atomic mass is 9.80. The monoisotopic (exact) mass is 352 g/mol. The Kier molecular flexibility index (Phi) is 5.20. The predicted molar refractivity (Wildman–Crippen MR) is 105 cm³/mol. The second kappa shape index (κ2) is 7.58. The molecular formula is C24H32O2. The maximum absolute atomic E-state index is 11.6. The lowest BCUT2D eigenvalue weighted by Crippen LogP contribution is -2.16. The molecule has 1 spiro atoms. The first-order valence-electron chi connectivity index (χ1n) is 10.6. The highest BCUT2D eigenvalue weighted by molar-refractivity contribution is 5.72. The number of cyclic esters (lactones) is 1. The molecule has 0 N–H and O–H groups in total. The van der Waals surface area contributed by atoms with Crippen LogP contribution in [-0.4, -0.2) is 12.6 Å². The van der Waals surface area contributed by atoms with E-state index in [4.69, 9.17) is 4.74 Å². The van der Waals surface area contributed by atoms with E-state index in [0.29, 0.717) is 18.9 Å². The van der Waals surface area contributed by atoms with Crippen LogP contribution < -0.4 is 0 Å². The Bertz CT molecular complexity index is 689. The number of hydrogen-bond acceptors (Lipinski definition) is 2. The number of allylic oxidation sites excluding steroid dienone is 2. The molecule has 1 saturated carbocycles. The van der Waals surface area contributed by atoms with Crippen molar-refractivity contribution in [3.8, 4) is 0 Å². The van der Waals surface area contributed by atoms with E-state index in [2.05, 4.69) is 37.3 Å². The van der Waals surface area contributed by atoms with Gasteiger partial charge in [0.05, 0.1) is 13.0 Å². The quantitative estimate of drug-likeness (QED) is 0.384. The van der Waals surface area contributed by atoms with Crippen LogP contribution in [0.25, 0.3) is 0 Å². The fourth-order valence-corrected chi connectivity index (χ4v) is 5.26. The molecule has 3 atom stereocenters. The van der Waals surface area contributed by atoms with Crippen LogP contribution in [-0.2, 0) is 22.4 Å². The van der Waals surface area contributed by atoms with Gasteiger partial charge in [-0.3, -0.25) is 4.79 Å². The zero-order chi connectivity index (χ0) is 18.0. The number of carbonyl (C=O) groups excluding carboxylic acids is 1. The molecule has 0 bridgehead atoms. The van der Waals surface area contributed by atoms with Crippen molar-refractivity contribution in [1.29, 1.82) is 0 Å². The largest absolute Gasteiger partial charge is 0.465 e. The minimum Gasteiger partial charge on any atom is -0.465 e. The fraction of sp³-hybridized carbons (Fsp3) is 0.625. The van der Waals surface area contributed by atoms with Gasteiger partial charge in [-0.2, -0.15) is 0 Å². The van der Waals surface area contributed by atoms with Crippen LogP contribution in [0.3, 0.4) is 0 Å². The van der Waals surface area contributed by atoms with E-state index >= 15 is 0 Å². The van der Waals surface area contributed by atoms with Gasteiger partial charge in [0.25, 0.3) is 0 Å². The number of esters is 1. The second-order valence-corrected chi connectivity index (χ2v) is 8.88. The summed E-state index contributed by atoms with van der Waals surface area (Å²) in [4.78, 5) is 11.6. The smallest absolute Gasteiger partial charge is 0.306 e. The van der Waals surface area contributed by atoms with Crippen molar-refractivity contribution in [3.05, 3.63) is 47.0 Å². The van der Waals surface area contributed by atoms with Crippen LogP contribution in [0.15, 0.2) is 30.4 Å². The number of hydrogen-bond donors (Lipinski definition) is 0. The van der Waals surface area contributed by atoms with Gasteiger partial charge in [-0.1, -0.05) is 50.1 Å². The van der Waals surface area contributed by atoms with Crippen molar-refractivity contribution in [2.24, 2.45) is 11.3 Å². The van der Waals surface area contributed by atoms with Gasteiger partial charge in [0, 0.05) is 5.41 Å². The first-order valence-corrected chi connectivity index (χ1v) is 10.6. The summed E-state index contributed by atoms with van der Waals surface area (Å²) in [5.74, 6) is 1.34. The van der Waals surface area contributed by atoms with E-state index in [0.717, 1.165) is 18.8 Å². The Morgan fingerprint density at radius 3 is 3.00 bits per heavy atom. The summed E-state index contributed by atoms with van der Waals surface area (Å²) >= 11 is 0. The SMILES string of the molecule is CCCC/C=C/[C@@H]1CCc2cc(C3CC[C@]4(COC(=O)C4)C3)ccc2C1. The van der Waals surface area contributed by atoms with Gasteiger partial charge in [0.15, 0.2) is 0 Å². The van der Waals surface area contributed by atoms with Gasteiger partial charge in [0.2, 0.25) is 0 Å². The molecule has 2 heteroatoms. The molecule has 1 heterocycles. The summed E-state index contributed by atoms with van der Waals surface area (Å²) in [6, 6.07) is 7.23. The topological polar surface area (TPSA) is 26.3 Å². The van der Waals surface area contributed by atoms with Crippen LogP contribution in [0, 0.1) is 11.3 Å². The van der Waals surface area contributed by atoms with Gasteiger partial charge >= 0.3 is 5.97 Å². The normalized spacial score (nSPS) is 30.9. The Morgan fingerprint density at radius 1 is 1.27 bits per heavy atom. The van der Waals surface area contributed by atoms with E-state index in [1.807, 2.05) is 0 Å². The number of rotatable bonds is 5. The highest BCUT2D eigenvalue weighted by Gasteiger charge is 2.46. The van der Waals surface area contributed by atoms with Crippen LogP contribution in [0.5, 0.6) is 0 Å². The van der Waals surface area contributed by atoms with Crippen molar-refractivity contribution in [3.63, 3.8) is 0 Å². The summed E-state index contributed by atoms with van der Waals surface area (Å²) in [5, 5.41) is 0. The maximum atomic E-state index is 11.6.